The molecule has 0 aliphatic carbocycles. The van der Waals surface area contributed by atoms with Crippen LogP contribution in [0.3, 0.4) is 0 Å². The average molecular weight is 261 g/mol. The van der Waals surface area contributed by atoms with Crippen molar-refractivity contribution < 1.29 is 4.74 Å². The van der Waals surface area contributed by atoms with Crippen molar-refractivity contribution in [1.29, 1.82) is 0 Å². The number of benzene rings is 1. The van der Waals surface area contributed by atoms with Crippen LogP contribution in [0.25, 0.3) is 0 Å². The van der Waals surface area contributed by atoms with E-state index in [9.17, 15) is 0 Å². The molecule has 0 spiro atoms. The summed E-state index contributed by atoms with van der Waals surface area (Å²) in [5, 5.41) is 4.15. The van der Waals surface area contributed by atoms with Crippen LogP contribution < -0.4 is 10.5 Å². The topological polar surface area (TPSA) is 35.2 Å². The lowest BCUT2D eigenvalue weighted by Crippen LogP contribution is -2.28. The maximum atomic E-state index is 6.09. The zero-order valence-electron chi connectivity index (χ0n) is 11.0. The van der Waals surface area contributed by atoms with Gasteiger partial charge in [0.25, 0.3) is 0 Å². The molecule has 0 fully saturated rings. The highest BCUT2D eigenvalue weighted by molar-refractivity contribution is 7.07. The normalized spacial score (nSPS) is 14.2. The van der Waals surface area contributed by atoms with Crippen LogP contribution in [0.2, 0.25) is 0 Å². The molecule has 2 aromatic rings. The van der Waals surface area contributed by atoms with E-state index in [4.69, 9.17) is 10.5 Å². The largest absolute Gasteiger partial charge is 0.484 e. The maximum Gasteiger partial charge on any atom is 0.139 e. The summed E-state index contributed by atoms with van der Waals surface area (Å²) in [6.45, 7) is 6.12. The van der Waals surface area contributed by atoms with Crippen molar-refractivity contribution in [3.63, 3.8) is 0 Å². The first kappa shape index (κ1) is 13.1. The van der Waals surface area contributed by atoms with E-state index in [-0.39, 0.29) is 12.1 Å². The molecule has 1 heterocycles. The standard InChI is InChI=1S/C15H19NOS/c1-10-4-5-14(11(2)8-10)17-15(12(3)16)13-6-7-18-9-13/h4-9,12,15H,16H2,1-3H3. The van der Waals surface area contributed by atoms with Crippen LogP contribution in [0.1, 0.15) is 29.7 Å². The molecule has 2 N–H and O–H groups in total. The highest BCUT2D eigenvalue weighted by Crippen LogP contribution is 2.28. The van der Waals surface area contributed by atoms with Gasteiger partial charge in [-0.05, 0) is 49.2 Å². The number of nitrogens with two attached hydrogens (primary N) is 1. The Kier molecular flexibility index (Phi) is 4.04. The highest BCUT2D eigenvalue weighted by Gasteiger charge is 2.19. The Balaban J connectivity index is 2.24. The Morgan fingerprint density at radius 1 is 1.22 bits per heavy atom. The SMILES string of the molecule is Cc1ccc(OC(c2ccsc2)C(C)N)c(C)c1. The van der Waals surface area contributed by atoms with Gasteiger partial charge in [0.2, 0.25) is 0 Å². The lowest BCUT2D eigenvalue weighted by atomic mass is 10.1. The lowest BCUT2D eigenvalue weighted by molar-refractivity contribution is 0.179. The summed E-state index contributed by atoms with van der Waals surface area (Å²) in [7, 11) is 0. The number of hydrogen-bond donors (Lipinski definition) is 1. The minimum atomic E-state index is -0.0855. The second-order valence-corrected chi connectivity index (χ2v) is 5.50. The third-order valence-electron chi connectivity index (χ3n) is 2.93. The molecule has 0 saturated heterocycles. The number of aryl methyl sites for hydroxylation is 2. The van der Waals surface area contributed by atoms with Crippen molar-refractivity contribution in [3.05, 3.63) is 51.7 Å². The molecule has 3 heteroatoms. The van der Waals surface area contributed by atoms with Crippen molar-refractivity contribution in [2.24, 2.45) is 5.73 Å². The molecule has 18 heavy (non-hydrogen) atoms. The Hall–Kier alpha value is -1.32. The van der Waals surface area contributed by atoms with Gasteiger partial charge in [-0.2, -0.15) is 11.3 Å². The van der Waals surface area contributed by atoms with Crippen LogP contribution in [0.5, 0.6) is 5.75 Å². The zero-order chi connectivity index (χ0) is 13.1. The van der Waals surface area contributed by atoms with E-state index in [0.717, 1.165) is 16.9 Å². The number of hydrogen-bond acceptors (Lipinski definition) is 3. The van der Waals surface area contributed by atoms with Gasteiger partial charge in [0.15, 0.2) is 0 Å². The minimum absolute atomic E-state index is 0.0414. The van der Waals surface area contributed by atoms with Crippen molar-refractivity contribution in [3.8, 4) is 5.75 Å². The van der Waals surface area contributed by atoms with E-state index in [0.29, 0.717) is 0 Å². The number of thiophene rings is 1. The first-order valence-corrected chi connectivity index (χ1v) is 7.04. The first-order valence-electron chi connectivity index (χ1n) is 6.09. The molecular weight excluding hydrogens is 242 g/mol. The van der Waals surface area contributed by atoms with E-state index in [1.54, 1.807) is 11.3 Å². The summed E-state index contributed by atoms with van der Waals surface area (Å²) in [5.41, 5.74) is 9.58. The number of rotatable bonds is 4. The fourth-order valence-corrected chi connectivity index (χ4v) is 2.67. The van der Waals surface area contributed by atoms with E-state index >= 15 is 0 Å². The van der Waals surface area contributed by atoms with Gasteiger partial charge in [-0.15, -0.1) is 0 Å². The molecule has 2 atom stereocenters. The van der Waals surface area contributed by atoms with Gasteiger partial charge < -0.3 is 10.5 Å². The molecule has 96 valence electrons. The van der Waals surface area contributed by atoms with Gasteiger partial charge in [-0.3, -0.25) is 0 Å². The molecular formula is C15H19NOS. The van der Waals surface area contributed by atoms with Crippen molar-refractivity contribution in [2.45, 2.75) is 32.9 Å². The van der Waals surface area contributed by atoms with Crippen LogP contribution in [0.15, 0.2) is 35.0 Å². The zero-order valence-corrected chi connectivity index (χ0v) is 11.8. The minimum Gasteiger partial charge on any atom is -0.484 e. The smallest absolute Gasteiger partial charge is 0.139 e. The Bertz CT molecular complexity index is 505. The van der Waals surface area contributed by atoms with Crippen molar-refractivity contribution in [1.82, 2.24) is 0 Å². The summed E-state index contributed by atoms with van der Waals surface area (Å²) < 4.78 is 6.09. The van der Waals surface area contributed by atoms with Crippen LogP contribution in [-0.2, 0) is 0 Å². The Labute approximate surface area is 112 Å². The van der Waals surface area contributed by atoms with Gasteiger partial charge in [-0.1, -0.05) is 17.7 Å². The van der Waals surface area contributed by atoms with Gasteiger partial charge in [-0.25, -0.2) is 0 Å². The van der Waals surface area contributed by atoms with Crippen molar-refractivity contribution >= 4 is 11.3 Å². The summed E-state index contributed by atoms with van der Waals surface area (Å²) in [4.78, 5) is 0. The summed E-state index contributed by atoms with van der Waals surface area (Å²) in [6.07, 6.45) is -0.0855. The molecule has 0 aliphatic rings. The van der Waals surface area contributed by atoms with Crippen molar-refractivity contribution in [2.75, 3.05) is 0 Å². The summed E-state index contributed by atoms with van der Waals surface area (Å²) >= 11 is 1.67. The van der Waals surface area contributed by atoms with Crippen LogP contribution >= 0.6 is 11.3 Å². The maximum absolute atomic E-state index is 6.09. The Morgan fingerprint density at radius 3 is 2.56 bits per heavy atom. The fraction of sp³-hybridized carbons (Fsp3) is 0.333. The van der Waals surface area contributed by atoms with Gasteiger partial charge >= 0.3 is 0 Å². The predicted octanol–water partition coefficient (Wildman–Crippen LogP) is 3.83. The van der Waals surface area contributed by atoms with E-state index in [1.807, 2.05) is 13.0 Å². The van der Waals surface area contributed by atoms with E-state index in [2.05, 4.69) is 42.8 Å². The molecule has 2 unspecified atom stereocenters. The average Bonchev–Trinajstić information content (AvgIpc) is 2.80. The second kappa shape index (κ2) is 5.55. The lowest BCUT2D eigenvalue weighted by Gasteiger charge is -2.23. The molecule has 2 nitrogen and oxygen atoms in total. The molecule has 0 bridgehead atoms. The molecule has 1 aromatic heterocycles. The molecule has 0 saturated carbocycles. The molecule has 0 amide bonds. The van der Waals surface area contributed by atoms with E-state index in [1.165, 1.54) is 5.56 Å². The molecule has 1 aromatic carbocycles. The monoisotopic (exact) mass is 261 g/mol. The molecule has 2 rings (SSSR count). The summed E-state index contributed by atoms with van der Waals surface area (Å²) in [6, 6.07) is 8.24. The van der Waals surface area contributed by atoms with Gasteiger partial charge in [0, 0.05) is 11.6 Å². The predicted molar refractivity (Wildman–Crippen MR) is 77.3 cm³/mol. The third-order valence-corrected chi connectivity index (χ3v) is 3.64. The van der Waals surface area contributed by atoms with Gasteiger partial charge in [0.05, 0.1) is 0 Å². The molecule has 0 aliphatic heterocycles. The van der Waals surface area contributed by atoms with Crippen LogP contribution in [-0.4, -0.2) is 6.04 Å². The van der Waals surface area contributed by atoms with Crippen LogP contribution in [0.4, 0.5) is 0 Å². The van der Waals surface area contributed by atoms with E-state index < -0.39 is 0 Å². The quantitative estimate of drug-likeness (QED) is 0.907. The molecule has 0 radical (unpaired) electrons. The van der Waals surface area contributed by atoms with Gasteiger partial charge in [0.1, 0.15) is 11.9 Å². The van der Waals surface area contributed by atoms with Crippen LogP contribution in [0, 0.1) is 13.8 Å². The highest BCUT2D eigenvalue weighted by atomic mass is 32.1. The summed E-state index contributed by atoms with van der Waals surface area (Å²) in [5.74, 6) is 0.911. The second-order valence-electron chi connectivity index (χ2n) is 4.72. The first-order chi connectivity index (χ1) is 8.58. The number of ether oxygens (including phenoxy) is 1. The third kappa shape index (κ3) is 2.92. The Morgan fingerprint density at radius 2 is 2.00 bits per heavy atom. The fourth-order valence-electron chi connectivity index (χ4n) is 1.98.